The smallest absolute Gasteiger partial charge is 0.320 e. The summed E-state index contributed by atoms with van der Waals surface area (Å²) in [6, 6.07) is 7.55. The number of ether oxygens (including phenoxy) is 1. The summed E-state index contributed by atoms with van der Waals surface area (Å²) in [5.74, 6) is 0.0899. The molecule has 22 heavy (non-hydrogen) atoms. The first-order chi connectivity index (χ1) is 10.4. The van der Waals surface area contributed by atoms with Crippen LogP contribution in [0.3, 0.4) is 0 Å². The van der Waals surface area contributed by atoms with Crippen LogP contribution in [0, 0.1) is 5.41 Å². The van der Waals surface area contributed by atoms with Crippen LogP contribution in [-0.2, 0) is 11.3 Å². The van der Waals surface area contributed by atoms with Crippen molar-refractivity contribution in [3.05, 3.63) is 30.0 Å². The second kappa shape index (κ2) is 5.32. The number of carboxylic acids is 1. The molecule has 1 fully saturated rings. The molecule has 2 heterocycles. The summed E-state index contributed by atoms with van der Waals surface area (Å²) in [5.41, 5.74) is 2.12. The predicted molar refractivity (Wildman–Crippen MR) is 85.1 cm³/mol. The molecule has 0 amide bonds. The highest BCUT2D eigenvalue weighted by atomic mass is 16.5. The summed E-state index contributed by atoms with van der Waals surface area (Å²) in [6.45, 7) is 5.66. The van der Waals surface area contributed by atoms with E-state index in [1.54, 1.807) is 7.11 Å². The number of nitrogens with one attached hydrogen (secondary N) is 1. The number of nitrogens with zero attached hydrogens (tertiary/aromatic N) is 1. The van der Waals surface area contributed by atoms with E-state index in [-0.39, 0.29) is 5.41 Å². The zero-order valence-electron chi connectivity index (χ0n) is 13.2. The monoisotopic (exact) mass is 302 g/mol. The van der Waals surface area contributed by atoms with Gasteiger partial charge in [-0.05, 0) is 36.1 Å². The number of fused-ring (bicyclic) bond motifs is 1. The van der Waals surface area contributed by atoms with Crippen molar-refractivity contribution in [1.29, 1.82) is 0 Å². The van der Waals surface area contributed by atoms with Crippen molar-refractivity contribution in [3.63, 3.8) is 0 Å². The molecule has 1 saturated heterocycles. The Kier molecular flexibility index (Phi) is 3.60. The number of aliphatic carboxylic acids is 1. The maximum atomic E-state index is 11.5. The van der Waals surface area contributed by atoms with Gasteiger partial charge in [-0.25, -0.2) is 0 Å². The number of likely N-dealkylation sites (tertiary alicyclic amines) is 1. The van der Waals surface area contributed by atoms with Crippen LogP contribution in [0.25, 0.3) is 10.9 Å². The molecule has 0 aliphatic carbocycles. The van der Waals surface area contributed by atoms with Gasteiger partial charge in [0.25, 0.3) is 0 Å². The maximum Gasteiger partial charge on any atom is 0.320 e. The molecule has 5 nitrogen and oxygen atoms in total. The lowest BCUT2D eigenvalue weighted by Crippen LogP contribution is -2.35. The third-order valence-corrected chi connectivity index (χ3v) is 4.36. The molecular weight excluding hydrogens is 280 g/mol. The van der Waals surface area contributed by atoms with Crippen molar-refractivity contribution in [2.24, 2.45) is 5.41 Å². The zero-order chi connectivity index (χ0) is 15.9. The molecule has 2 aromatic rings. The van der Waals surface area contributed by atoms with Gasteiger partial charge >= 0.3 is 5.97 Å². The second-order valence-electron chi connectivity index (χ2n) is 6.88. The molecule has 0 radical (unpaired) electrons. The summed E-state index contributed by atoms with van der Waals surface area (Å²) in [4.78, 5) is 16.9. The standard InChI is InChI=1S/C17H22N2O3/c1-17(2)8-15(16(20)21)19(10-17)9-12-6-11-7-13(22-3)4-5-14(11)18-12/h4-7,15,18H,8-10H2,1-3H3,(H,20,21). The Hall–Kier alpha value is -2.01. The summed E-state index contributed by atoms with van der Waals surface area (Å²) in [6.07, 6.45) is 0.691. The molecule has 5 heteroatoms. The fourth-order valence-corrected chi connectivity index (χ4v) is 3.39. The van der Waals surface area contributed by atoms with E-state index < -0.39 is 12.0 Å². The number of H-pyrrole nitrogens is 1. The second-order valence-corrected chi connectivity index (χ2v) is 6.88. The Morgan fingerprint density at radius 3 is 2.91 bits per heavy atom. The topological polar surface area (TPSA) is 65.6 Å². The first-order valence-corrected chi connectivity index (χ1v) is 7.50. The van der Waals surface area contributed by atoms with Gasteiger partial charge in [-0.2, -0.15) is 0 Å². The van der Waals surface area contributed by atoms with Gasteiger partial charge in [-0.3, -0.25) is 9.69 Å². The van der Waals surface area contributed by atoms with Gasteiger partial charge in [-0.15, -0.1) is 0 Å². The molecule has 1 unspecified atom stereocenters. The van der Waals surface area contributed by atoms with Crippen LogP contribution in [0.5, 0.6) is 5.75 Å². The minimum absolute atomic E-state index is 0.0400. The quantitative estimate of drug-likeness (QED) is 0.911. The number of methoxy groups -OCH3 is 1. The van der Waals surface area contributed by atoms with Gasteiger partial charge < -0.3 is 14.8 Å². The lowest BCUT2D eigenvalue weighted by atomic mass is 9.91. The average molecular weight is 302 g/mol. The number of rotatable bonds is 4. The van der Waals surface area contributed by atoms with E-state index in [0.717, 1.165) is 28.9 Å². The van der Waals surface area contributed by atoms with Gasteiger partial charge in [0.1, 0.15) is 11.8 Å². The van der Waals surface area contributed by atoms with Crippen molar-refractivity contribution in [2.45, 2.75) is 32.9 Å². The summed E-state index contributed by atoms with van der Waals surface area (Å²) in [5, 5.41) is 10.5. The van der Waals surface area contributed by atoms with Crippen molar-refractivity contribution >= 4 is 16.9 Å². The third kappa shape index (κ3) is 2.81. The van der Waals surface area contributed by atoms with Crippen LogP contribution in [0.15, 0.2) is 24.3 Å². The fourth-order valence-electron chi connectivity index (χ4n) is 3.39. The molecule has 3 rings (SSSR count). The van der Waals surface area contributed by atoms with Gasteiger partial charge in [0.15, 0.2) is 0 Å². The Balaban J connectivity index is 1.84. The molecule has 0 spiro atoms. The van der Waals surface area contributed by atoms with Gasteiger partial charge in [-0.1, -0.05) is 13.8 Å². The number of aromatic amines is 1. The normalized spacial score (nSPS) is 21.3. The number of carboxylic acid groups (broad SMARTS) is 1. The van der Waals surface area contributed by atoms with Crippen molar-refractivity contribution in [3.8, 4) is 5.75 Å². The number of hydrogen-bond donors (Lipinski definition) is 2. The van der Waals surface area contributed by atoms with E-state index in [1.165, 1.54) is 0 Å². The van der Waals surface area contributed by atoms with Crippen LogP contribution in [0.4, 0.5) is 0 Å². The molecule has 0 bridgehead atoms. The molecule has 1 aromatic heterocycles. The molecule has 2 N–H and O–H groups in total. The lowest BCUT2D eigenvalue weighted by Gasteiger charge is -2.21. The SMILES string of the molecule is COc1ccc2[nH]c(CN3CC(C)(C)CC3C(=O)O)cc2c1. The van der Waals surface area contributed by atoms with E-state index >= 15 is 0 Å². The highest BCUT2D eigenvalue weighted by molar-refractivity contribution is 5.82. The maximum absolute atomic E-state index is 11.5. The van der Waals surface area contributed by atoms with Crippen molar-refractivity contribution in [1.82, 2.24) is 9.88 Å². The largest absolute Gasteiger partial charge is 0.497 e. The van der Waals surface area contributed by atoms with Crippen LogP contribution in [0.2, 0.25) is 0 Å². The number of carbonyl (C=O) groups is 1. The van der Waals surface area contributed by atoms with Gasteiger partial charge in [0, 0.05) is 29.7 Å². The molecule has 118 valence electrons. The Morgan fingerprint density at radius 1 is 1.45 bits per heavy atom. The molecule has 0 saturated carbocycles. The Bertz CT molecular complexity index is 705. The lowest BCUT2D eigenvalue weighted by molar-refractivity contribution is -0.142. The predicted octanol–water partition coefficient (Wildman–Crippen LogP) is 2.86. The van der Waals surface area contributed by atoms with Crippen molar-refractivity contribution in [2.75, 3.05) is 13.7 Å². The number of hydrogen-bond acceptors (Lipinski definition) is 3. The fraction of sp³-hybridized carbons (Fsp3) is 0.471. The first-order valence-electron chi connectivity index (χ1n) is 7.50. The highest BCUT2D eigenvalue weighted by Crippen LogP contribution is 2.35. The van der Waals surface area contributed by atoms with E-state index in [2.05, 4.69) is 24.9 Å². The summed E-state index contributed by atoms with van der Waals surface area (Å²) >= 11 is 0. The van der Waals surface area contributed by atoms with E-state index in [0.29, 0.717) is 13.0 Å². The van der Waals surface area contributed by atoms with Crippen LogP contribution in [0.1, 0.15) is 26.0 Å². The van der Waals surface area contributed by atoms with E-state index in [9.17, 15) is 9.90 Å². The zero-order valence-corrected chi connectivity index (χ0v) is 13.2. The number of aromatic nitrogens is 1. The molecule has 1 atom stereocenters. The summed E-state index contributed by atoms with van der Waals surface area (Å²) < 4.78 is 5.24. The molecule has 1 aliphatic rings. The molecular formula is C17H22N2O3. The van der Waals surface area contributed by atoms with Crippen LogP contribution >= 0.6 is 0 Å². The number of benzene rings is 1. The van der Waals surface area contributed by atoms with Gasteiger partial charge in [0.05, 0.1) is 7.11 Å². The minimum Gasteiger partial charge on any atom is -0.497 e. The van der Waals surface area contributed by atoms with Crippen LogP contribution in [-0.4, -0.2) is 40.7 Å². The Morgan fingerprint density at radius 2 is 2.23 bits per heavy atom. The van der Waals surface area contributed by atoms with Crippen LogP contribution < -0.4 is 4.74 Å². The van der Waals surface area contributed by atoms with Gasteiger partial charge in [0.2, 0.25) is 0 Å². The van der Waals surface area contributed by atoms with E-state index in [4.69, 9.17) is 4.74 Å². The summed E-state index contributed by atoms with van der Waals surface area (Å²) in [7, 11) is 1.65. The third-order valence-electron chi connectivity index (χ3n) is 4.36. The molecule has 1 aliphatic heterocycles. The minimum atomic E-state index is -0.733. The average Bonchev–Trinajstić information content (AvgIpc) is 2.97. The highest BCUT2D eigenvalue weighted by Gasteiger charge is 2.41. The Labute approximate surface area is 129 Å². The first kappa shape index (κ1) is 14.9. The van der Waals surface area contributed by atoms with E-state index in [1.807, 2.05) is 23.1 Å². The molecule has 1 aromatic carbocycles. The van der Waals surface area contributed by atoms with Crippen molar-refractivity contribution < 1.29 is 14.6 Å².